The van der Waals surface area contributed by atoms with Gasteiger partial charge >= 0.3 is 0 Å². The van der Waals surface area contributed by atoms with Crippen molar-refractivity contribution in [2.45, 2.75) is 18.8 Å². The molecule has 0 heterocycles. The summed E-state index contributed by atoms with van der Waals surface area (Å²) in [6, 6.07) is 3.90. The molecule has 0 atom stereocenters. The third-order valence-electron chi connectivity index (χ3n) is 2.19. The molecule has 2 rings (SSSR count). The SMILES string of the molecule is N#Cc1cc(F)c(C2CC2)c(F)c1. The highest BCUT2D eigenvalue weighted by Gasteiger charge is 2.29. The molecular formula is C10H7F2N. The van der Waals surface area contributed by atoms with Crippen LogP contribution in [0.15, 0.2) is 12.1 Å². The highest BCUT2D eigenvalue weighted by atomic mass is 19.1. The summed E-state index contributed by atoms with van der Waals surface area (Å²) in [4.78, 5) is 0. The van der Waals surface area contributed by atoms with Crippen LogP contribution >= 0.6 is 0 Å². The monoisotopic (exact) mass is 179 g/mol. The first-order valence-electron chi connectivity index (χ1n) is 4.11. The van der Waals surface area contributed by atoms with Crippen LogP contribution in [-0.2, 0) is 0 Å². The van der Waals surface area contributed by atoms with E-state index in [1.54, 1.807) is 6.07 Å². The van der Waals surface area contributed by atoms with E-state index in [9.17, 15) is 8.78 Å². The zero-order valence-electron chi connectivity index (χ0n) is 6.85. The quantitative estimate of drug-likeness (QED) is 0.650. The first-order valence-corrected chi connectivity index (χ1v) is 4.11. The number of nitriles is 1. The summed E-state index contributed by atoms with van der Waals surface area (Å²) in [5.41, 5.74) is 0.193. The van der Waals surface area contributed by atoms with E-state index >= 15 is 0 Å². The maximum absolute atomic E-state index is 13.2. The molecule has 1 aromatic rings. The summed E-state index contributed by atoms with van der Waals surface area (Å²) in [5, 5.41) is 8.45. The number of hydrogen-bond acceptors (Lipinski definition) is 1. The lowest BCUT2D eigenvalue weighted by Gasteiger charge is -2.02. The zero-order valence-corrected chi connectivity index (χ0v) is 6.85. The van der Waals surface area contributed by atoms with Crippen LogP contribution in [-0.4, -0.2) is 0 Å². The van der Waals surface area contributed by atoms with E-state index < -0.39 is 11.6 Å². The summed E-state index contributed by atoms with van der Waals surface area (Å²) >= 11 is 0. The largest absolute Gasteiger partial charge is 0.207 e. The Labute approximate surface area is 74.6 Å². The van der Waals surface area contributed by atoms with Gasteiger partial charge in [-0.3, -0.25) is 0 Å². The first kappa shape index (κ1) is 8.18. The van der Waals surface area contributed by atoms with Gasteiger partial charge in [0.15, 0.2) is 0 Å². The van der Waals surface area contributed by atoms with Crippen LogP contribution in [0.25, 0.3) is 0 Å². The molecule has 1 aromatic carbocycles. The van der Waals surface area contributed by atoms with Gasteiger partial charge in [-0.05, 0) is 30.9 Å². The number of nitrogens with zero attached hydrogens (tertiary/aromatic N) is 1. The van der Waals surface area contributed by atoms with E-state index in [4.69, 9.17) is 5.26 Å². The summed E-state index contributed by atoms with van der Waals surface area (Å²) < 4.78 is 26.4. The van der Waals surface area contributed by atoms with Crippen molar-refractivity contribution in [1.82, 2.24) is 0 Å². The highest BCUT2D eigenvalue weighted by Crippen LogP contribution is 2.42. The lowest BCUT2D eigenvalue weighted by Crippen LogP contribution is -1.94. The fourth-order valence-electron chi connectivity index (χ4n) is 1.41. The lowest BCUT2D eigenvalue weighted by atomic mass is 10.1. The fourth-order valence-corrected chi connectivity index (χ4v) is 1.41. The maximum atomic E-state index is 13.2. The Balaban J connectivity index is 2.52. The summed E-state index contributed by atoms with van der Waals surface area (Å²) in [7, 11) is 0. The van der Waals surface area contributed by atoms with Gasteiger partial charge in [-0.15, -0.1) is 0 Å². The number of halogens is 2. The van der Waals surface area contributed by atoms with Gasteiger partial charge in [0.2, 0.25) is 0 Å². The third kappa shape index (κ3) is 1.40. The molecule has 0 radical (unpaired) electrons. The van der Waals surface area contributed by atoms with E-state index in [0.29, 0.717) is 0 Å². The summed E-state index contributed by atoms with van der Waals surface area (Å²) in [6.07, 6.45) is 1.69. The van der Waals surface area contributed by atoms with Crippen LogP contribution in [0.4, 0.5) is 8.78 Å². The molecule has 0 saturated heterocycles. The molecule has 0 N–H and O–H groups in total. The predicted molar refractivity (Wildman–Crippen MR) is 43.0 cm³/mol. The van der Waals surface area contributed by atoms with E-state index in [1.165, 1.54) is 0 Å². The molecule has 0 bridgehead atoms. The van der Waals surface area contributed by atoms with E-state index in [-0.39, 0.29) is 17.0 Å². The smallest absolute Gasteiger partial charge is 0.130 e. The van der Waals surface area contributed by atoms with Gasteiger partial charge in [-0.1, -0.05) is 0 Å². The molecule has 0 aliphatic heterocycles. The Hall–Kier alpha value is -1.43. The van der Waals surface area contributed by atoms with Crippen molar-refractivity contribution in [2.24, 2.45) is 0 Å². The normalized spacial score (nSPS) is 15.5. The molecule has 1 saturated carbocycles. The Morgan fingerprint density at radius 2 is 1.77 bits per heavy atom. The van der Waals surface area contributed by atoms with E-state index in [0.717, 1.165) is 25.0 Å². The van der Waals surface area contributed by atoms with Crippen molar-refractivity contribution in [2.75, 3.05) is 0 Å². The molecule has 0 spiro atoms. The van der Waals surface area contributed by atoms with Crippen LogP contribution in [0.5, 0.6) is 0 Å². The van der Waals surface area contributed by atoms with Crippen LogP contribution in [0.1, 0.15) is 29.9 Å². The molecule has 66 valence electrons. The molecule has 13 heavy (non-hydrogen) atoms. The number of rotatable bonds is 1. The Kier molecular flexibility index (Phi) is 1.77. The molecule has 1 nitrogen and oxygen atoms in total. The second-order valence-electron chi connectivity index (χ2n) is 3.24. The topological polar surface area (TPSA) is 23.8 Å². The molecule has 1 fully saturated rings. The standard InChI is InChI=1S/C10H7F2N/c11-8-3-6(5-13)4-9(12)10(8)7-1-2-7/h3-4,7H,1-2H2. The van der Waals surface area contributed by atoms with Gasteiger partial charge in [0.05, 0.1) is 11.6 Å². The van der Waals surface area contributed by atoms with Gasteiger partial charge in [-0.25, -0.2) is 8.78 Å². The van der Waals surface area contributed by atoms with Crippen LogP contribution in [0.3, 0.4) is 0 Å². The average Bonchev–Trinajstić information content (AvgIpc) is 2.87. The molecule has 0 aromatic heterocycles. The van der Waals surface area contributed by atoms with Gasteiger partial charge in [0.1, 0.15) is 11.6 Å². The van der Waals surface area contributed by atoms with Crippen molar-refractivity contribution < 1.29 is 8.78 Å². The van der Waals surface area contributed by atoms with Crippen LogP contribution in [0.2, 0.25) is 0 Å². The molecule has 3 heteroatoms. The van der Waals surface area contributed by atoms with Crippen LogP contribution < -0.4 is 0 Å². The average molecular weight is 179 g/mol. The zero-order chi connectivity index (χ0) is 9.42. The molecule has 0 unspecified atom stereocenters. The van der Waals surface area contributed by atoms with Crippen molar-refractivity contribution in [3.8, 4) is 6.07 Å². The minimum absolute atomic E-state index is 0.0349. The van der Waals surface area contributed by atoms with Crippen molar-refractivity contribution in [3.05, 3.63) is 34.9 Å². The predicted octanol–water partition coefficient (Wildman–Crippen LogP) is 2.71. The number of hydrogen-bond donors (Lipinski definition) is 0. The summed E-state index contributed by atoms with van der Waals surface area (Å²) in [6.45, 7) is 0. The fraction of sp³-hybridized carbons (Fsp3) is 0.300. The molecule has 1 aliphatic carbocycles. The lowest BCUT2D eigenvalue weighted by molar-refractivity contribution is 0.556. The van der Waals surface area contributed by atoms with E-state index in [1.807, 2.05) is 0 Å². The second kappa shape index (κ2) is 2.81. The van der Waals surface area contributed by atoms with Gasteiger partial charge < -0.3 is 0 Å². The maximum Gasteiger partial charge on any atom is 0.130 e. The van der Waals surface area contributed by atoms with Crippen LogP contribution in [0, 0.1) is 23.0 Å². The Bertz CT molecular complexity index is 365. The highest BCUT2D eigenvalue weighted by molar-refractivity contribution is 5.37. The van der Waals surface area contributed by atoms with Crippen molar-refractivity contribution >= 4 is 0 Å². The van der Waals surface area contributed by atoms with E-state index in [2.05, 4.69) is 0 Å². The Morgan fingerprint density at radius 3 is 2.15 bits per heavy atom. The molecular weight excluding hydrogens is 172 g/mol. The summed E-state index contributed by atoms with van der Waals surface area (Å²) in [5.74, 6) is -1.13. The van der Waals surface area contributed by atoms with Gasteiger partial charge in [0.25, 0.3) is 0 Å². The molecule has 1 aliphatic rings. The Morgan fingerprint density at radius 1 is 1.23 bits per heavy atom. The number of benzene rings is 1. The van der Waals surface area contributed by atoms with Crippen molar-refractivity contribution in [3.63, 3.8) is 0 Å². The second-order valence-corrected chi connectivity index (χ2v) is 3.24. The van der Waals surface area contributed by atoms with Gasteiger partial charge in [0, 0.05) is 5.56 Å². The van der Waals surface area contributed by atoms with Gasteiger partial charge in [-0.2, -0.15) is 5.26 Å². The third-order valence-corrected chi connectivity index (χ3v) is 2.19. The van der Waals surface area contributed by atoms with Crippen molar-refractivity contribution in [1.29, 1.82) is 5.26 Å². The molecule has 0 amide bonds. The minimum atomic E-state index is -0.584. The first-order chi connectivity index (χ1) is 6.22. The minimum Gasteiger partial charge on any atom is -0.207 e.